The lowest BCUT2D eigenvalue weighted by Crippen LogP contribution is -2.05. The Kier molecular flexibility index (Phi) is 4.89. The van der Waals surface area contributed by atoms with Crippen molar-refractivity contribution in [1.82, 2.24) is 15.0 Å². The zero-order chi connectivity index (χ0) is 21.3. The highest BCUT2D eigenvalue weighted by molar-refractivity contribution is 6.09. The fourth-order valence-electron chi connectivity index (χ4n) is 2.96. The summed E-state index contributed by atoms with van der Waals surface area (Å²) in [6.07, 6.45) is 5.80. The van der Waals surface area contributed by atoms with Gasteiger partial charge >= 0.3 is 0 Å². The van der Waals surface area contributed by atoms with Crippen molar-refractivity contribution in [2.24, 2.45) is 5.73 Å². The Morgan fingerprint density at radius 1 is 1.07 bits per heavy atom. The Hall–Kier alpha value is -4.20. The first kappa shape index (κ1) is 19.1. The Labute approximate surface area is 169 Å². The molecule has 2 heterocycles. The molecule has 0 saturated carbocycles. The summed E-state index contributed by atoms with van der Waals surface area (Å²) in [4.78, 5) is 35.1. The Bertz CT molecular complexity index is 1310. The summed E-state index contributed by atoms with van der Waals surface area (Å²) in [6, 6.07) is 9.00. The average Bonchev–Trinajstić information content (AvgIpc) is 3.14. The molecule has 4 aromatic rings. The minimum atomic E-state index is -0.730. The number of nitrogens with one attached hydrogen (secondary N) is 1. The highest BCUT2D eigenvalue weighted by Gasteiger charge is 2.16. The number of amides is 1. The van der Waals surface area contributed by atoms with E-state index >= 15 is 0 Å². The summed E-state index contributed by atoms with van der Waals surface area (Å²) >= 11 is 0. The zero-order valence-corrected chi connectivity index (χ0v) is 15.4. The molecule has 4 rings (SSSR count). The maximum atomic E-state index is 14.7. The van der Waals surface area contributed by atoms with Crippen molar-refractivity contribution in [2.45, 2.75) is 0 Å². The van der Waals surface area contributed by atoms with Gasteiger partial charge in [0.25, 0.3) is 0 Å². The molecule has 0 aliphatic heterocycles. The number of hydrogen-bond acceptors (Lipinski definition) is 4. The van der Waals surface area contributed by atoms with E-state index in [0.29, 0.717) is 28.0 Å². The maximum absolute atomic E-state index is 14.7. The number of halogens is 2. The number of nitrogens with two attached hydrogens (primary N) is 1. The number of primary amides is 1. The molecule has 30 heavy (non-hydrogen) atoms. The van der Waals surface area contributed by atoms with Gasteiger partial charge in [-0.05, 0) is 42.5 Å². The summed E-state index contributed by atoms with van der Waals surface area (Å²) < 4.78 is 27.7. The van der Waals surface area contributed by atoms with Crippen LogP contribution in [0.4, 0.5) is 8.78 Å². The fraction of sp³-hybridized carbons (Fsp3) is 0. The molecular weight excluding hydrogens is 390 g/mol. The van der Waals surface area contributed by atoms with Crippen molar-refractivity contribution in [3.05, 3.63) is 89.3 Å². The van der Waals surface area contributed by atoms with Crippen molar-refractivity contribution < 1.29 is 18.4 Å². The number of nitrogens with zero attached hydrogens (tertiary/aromatic N) is 2. The number of ketones is 1. The number of carbonyl (C=O) groups excluding carboxylic acids is 2. The third-order valence-corrected chi connectivity index (χ3v) is 4.45. The molecule has 8 heteroatoms. The lowest BCUT2D eigenvalue weighted by atomic mass is 10.0. The monoisotopic (exact) mass is 404 g/mol. The third kappa shape index (κ3) is 3.70. The van der Waals surface area contributed by atoms with E-state index < -0.39 is 23.3 Å². The van der Waals surface area contributed by atoms with Crippen molar-refractivity contribution in [1.29, 1.82) is 0 Å². The van der Waals surface area contributed by atoms with Crippen LogP contribution in [-0.4, -0.2) is 26.6 Å². The van der Waals surface area contributed by atoms with Crippen LogP contribution in [0.25, 0.3) is 28.5 Å². The van der Waals surface area contributed by atoms with Crippen molar-refractivity contribution in [3.63, 3.8) is 0 Å². The zero-order valence-electron chi connectivity index (χ0n) is 15.4. The fourth-order valence-corrected chi connectivity index (χ4v) is 2.96. The van der Waals surface area contributed by atoms with E-state index in [-0.39, 0.29) is 11.1 Å². The number of carbonyl (C=O) groups is 2. The first-order chi connectivity index (χ1) is 14.4. The van der Waals surface area contributed by atoms with Gasteiger partial charge in [-0.2, -0.15) is 0 Å². The second-order valence-corrected chi connectivity index (χ2v) is 6.46. The van der Waals surface area contributed by atoms with Crippen LogP contribution in [0.15, 0.2) is 60.9 Å². The van der Waals surface area contributed by atoms with Gasteiger partial charge in [0.05, 0.1) is 17.5 Å². The molecule has 2 aromatic heterocycles. The smallest absolute Gasteiger partial charge is 0.241 e. The van der Waals surface area contributed by atoms with Crippen molar-refractivity contribution in [3.8, 4) is 11.3 Å². The molecule has 0 fully saturated rings. The quantitative estimate of drug-likeness (QED) is 0.392. The van der Waals surface area contributed by atoms with Gasteiger partial charge < -0.3 is 10.7 Å². The van der Waals surface area contributed by atoms with E-state index in [1.54, 1.807) is 12.3 Å². The molecule has 0 spiro atoms. The highest BCUT2D eigenvalue weighted by atomic mass is 19.1. The summed E-state index contributed by atoms with van der Waals surface area (Å²) in [7, 11) is 0. The number of fused-ring (bicyclic) bond motifs is 1. The second-order valence-electron chi connectivity index (χ2n) is 6.46. The van der Waals surface area contributed by atoms with Crippen LogP contribution in [0.5, 0.6) is 0 Å². The van der Waals surface area contributed by atoms with Crippen LogP contribution in [0.2, 0.25) is 0 Å². The number of H-pyrrole nitrogens is 1. The lowest BCUT2D eigenvalue weighted by molar-refractivity contribution is -0.113. The molecule has 148 valence electrons. The van der Waals surface area contributed by atoms with Crippen LogP contribution in [0, 0.1) is 11.6 Å². The molecule has 0 radical (unpaired) electrons. The van der Waals surface area contributed by atoms with Gasteiger partial charge in [-0.3, -0.25) is 9.59 Å². The molecular formula is C22H14F2N4O2. The van der Waals surface area contributed by atoms with Crippen LogP contribution in [0.3, 0.4) is 0 Å². The highest BCUT2D eigenvalue weighted by Crippen LogP contribution is 2.24. The molecule has 0 unspecified atom stereocenters. The number of rotatable bonds is 5. The molecule has 6 nitrogen and oxygen atoms in total. The molecule has 0 aliphatic carbocycles. The van der Waals surface area contributed by atoms with Crippen LogP contribution < -0.4 is 5.73 Å². The van der Waals surface area contributed by atoms with Gasteiger partial charge in [0.15, 0.2) is 11.4 Å². The van der Waals surface area contributed by atoms with Gasteiger partial charge in [-0.1, -0.05) is 6.07 Å². The number of hydrogen-bond donors (Lipinski definition) is 2. The summed E-state index contributed by atoms with van der Waals surface area (Å²) in [5.74, 6) is -2.36. The van der Waals surface area contributed by atoms with Crippen LogP contribution in [0.1, 0.15) is 21.5 Å². The minimum absolute atomic E-state index is 0.133. The SMILES string of the molecule is NC(=O)/C=C/c1c[nH]c2ncc(-c3ccc(C(=O)c4ccc(F)cc4)c(F)c3)nc12. The normalized spacial score (nSPS) is 11.3. The van der Waals surface area contributed by atoms with E-state index in [2.05, 4.69) is 15.0 Å². The van der Waals surface area contributed by atoms with Gasteiger partial charge in [0.1, 0.15) is 17.2 Å². The predicted octanol–water partition coefficient (Wildman–Crippen LogP) is 3.63. The third-order valence-electron chi connectivity index (χ3n) is 4.45. The molecule has 2 aromatic carbocycles. The number of aromatic amines is 1. The summed E-state index contributed by atoms with van der Waals surface area (Å²) in [5.41, 5.74) is 7.55. The average molecular weight is 404 g/mol. The van der Waals surface area contributed by atoms with E-state index in [4.69, 9.17) is 5.73 Å². The Balaban J connectivity index is 1.69. The van der Waals surface area contributed by atoms with Gasteiger partial charge in [0.2, 0.25) is 5.91 Å². The van der Waals surface area contributed by atoms with E-state index in [9.17, 15) is 18.4 Å². The maximum Gasteiger partial charge on any atom is 0.241 e. The topological polar surface area (TPSA) is 102 Å². The number of aromatic nitrogens is 3. The van der Waals surface area contributed by atoms with E-state index in [1.165, 1.54) is 42.6 Å². The second kappa shape index (κ2) is 7.67. The van der Waals surface area contributed by atoms with Gasteiger partial charge in [0, 0.05) is 29.0 Å². The van der Waals surface area contributed by atoms with Crippen molar-refractivity contribution in [2.75, 3.05) is 0 Å². The van der Waals surface area contributed by atoms with Crippen LogP contribution in [-0.2, 0) is 4.79 Å². The first-order valence-corrected chi connectivity index (χ1v) is 8.84. The molecule has 0 bridgehead atoms. The summed E-state index contributed by atoms with van der Waals surface area (Å²) in [6.45, 7) is 0. The van der Waals surface area contributed by atoms with E-state index in [0.717, 1.165) is 12.1 Å². The molecule has 0 saturated heterocycles. The molecule has 1 amide bonds. The summed E-state index contributed by atoms with van der Waals surface area (Å²) in [5, 5.41) is 0. The Morgan fingerprint density at radius 2 is 1.83 bits per heavy atom. The minimum Gasteiger partial charge on any atom is -0.366 e. The van der Waals surface area contributed by atoms with Gasteiger partial charge in [-0.15, -0.1) is 0 Å². The standard InChI is InChI=1S/C22H14F2N4O2/c23-15-5-1-12(2-6-15)21(30)16-7-3-13(9-17(16)24)18-11-27-22-20(28-18)14(10-26-22)4-8-19(25)29/h1-11H,(H2,25,29)(H,26,27)/b8-4+. The molecule has 3 N–H and O–H groups in total. The lowest BCUT2D eigenvalue weighted by Gasteiger charge is -2.06. The predicted molar refractivity (Wildman–Crippen MR) is 107 cm³/mol. The number of benzene rings is 2. The molecule has 0 aliphatic rings. The van der Waals surface area contributed by atoms with E-state index in [1.807, 2.05) is 0 Å². The largest absolute Gasteiger partial charge is 0.366 e. The molecule has 0 atom stereocenters. The Morgan fingerprint density at radius 3 is 2.53 bits per heavy atom. The van der Waals surface area contributed by atoms with Gasteiger partial charge in [-0.25, -0.2) is 18.7 Å². The van der Waals surface area contributed by atoms with Crippen molar-refractivity contribution >= 4 is 28.9 Å². The van der Waals surface area contributed by atoms with Crippen LogP contribution >= 0.6 is 0 Å². The first-order valence-electron chi connectivity index (χ1n) is 8.84.